The van der Waals surface area contributed by atoms with Gasteiger partial charge >= 0.3 is 11.9 Å². The highest BCUT2D eigenvalue weighted by Gasteiger charge is 2.33. The lowest BCUT2D eigenvalue weighted by Crippen LogP contribution is -2.39. The standard InChI is InChI=1S/C29H30N2O6S/c1-16-24(27(34)36-7)25(19-10-13-21(37-17(2)32)22(15-19)35-6)31-26(33)23(38-28(31)30-16)14-18-8-11-20(12-9-18)29(3,4)5/h8-15,25H,1-7H3/b23-14+. The molecule has 0 fully saturated rings. The van der Waals surface area contributed by atoms with Crippen LogP contribution in [0, 0.1) is 0 Å². The van der Waals surface area contributed by atoms with Gasteiger partial charge in [-0.2, -0.15) is 0 Å². The molecule has 1 atom stereocenters. The topological polar surface area (TPSA) is 96.2 Å². The van der Waals surface area contributed by atoms with Crippen LogP contribution in [0.25, 0.3) is 6.08 Å². The van der Waals surface area contributed by atoms with Crippen molar-refractivity contribution in [1.82, 2.24) is 4.57 Å². The fourth-order valence-corrected chi connectivity index (χ4v) is 5.38. The average Bonchev–Trinajstić information content (AvgIpc) is 3.16. The Morgan fingerprint density at radius 3 is 2.32 bits per heavy atom. The van der Waals surface area contributed by atoms with Crippen molar-refractivity contribution in [1.29, 1.82) is 0 Å². The smallest absolute Gasteiger partial charge is 0.338 e. The molecule has 0 bridgehead atoms. The van der Waals surface area contributed by atoms with Crippen LogP contribution in [-0.2, 0) is 19.7 Å². The zero-order valence-electron chi connectivity index (χ0n) is 22.4. The molecule has 0 N–H and O–H groups in total. The van der Waals surface area contributed by atoms with Crippen LogP contribution in [0.2, 0.25) is 0 Å². The van der Waals surface area contributed by atoms with E-state index in [9.17, 15) is 14.4 Å². The predicted octanol–water partition coefficient (Wildman–Crippen LogP) is 3.64. The number of allylic oxidation sites excluding steroid dienone is 1. The molecule has 38 heavy (non-hydrogen) atoms. The number of ether oxygens (including phenoxy) is 3. The highest BCUT2D eigenvalue weighted by molar-refractivity contribution is 7.07. The van der Waals surface area contributed by atoms with Crippen molar-refractivity contribution in [3.05, 3.63) is 90.1 Å². The maximum absolute atomic E-state index is 13.8. The molecule has 0 amide bonds. The Morgan fingerprint density at radius 2 is 1.74 bits per heavy atom. The molecule has 2 heterocycles. The molecule has 2 aromatic carbocycles. The minimum absolute atomic E-state index is 0.0196. The zero-order chi connectivity index (χ0) is 27.8. The summed E-state index contributed by atoms with van der Waals surface area (Å²) in [5, 5.41) is 0. The van der Waals surface area contributed by atoms with Crippen LogP contribution in [0.15, 0.2) is 63.5 Å². The van der Waals surface area contributed by atoms with Crippen molar-refractivity contribution in [2.45, 2.75) is 46.1 Å². The summed E-state index contributed by atoms with van der Waals surface area (Å²) in [4.78, 5) is 43.2. The third kappa shape index (κ3) is 5.19. The number of nitrogens with zero attached hydrogens (tertiary/aromatic N) is 2. The highest BCUT2D eigenvalue weighted by atomic mass is 32.1. The molecular weight excluding hydrogens is 504 g/mol. The summed E-state index contributed by atoms with van der Waals surface area (Å²) < 4.78 is 17.7. The van der Waals surface area contributed by atoms with Crippen LogP contribution < -0.4 is 24.4 Å². The van der Waals surface area contributed by atoms with Gasteiger partial charge in [0.1, 0.15) is 0 Å². The fourth-order valence-electron chi connectivity index (χ4n) is 4.33. The minimum Gasteiger partial charge on any atom is -0.493 e. The van der Waals surface area contributed by atoms with Crippen LogP contribution >= 0.6 is 11.3 Å². The van der Waals surface area contributed by atoms with Crippen molar-refractivity contribution < 1.29 is 23.8 Å². The van der Waals surface area contributed by atoms with E-state index in [1.165, 1.54) is 42.6 Å². The fraction of sp³-hybridized carbons (Fsp3) is 0.310. The molecule has 0 radical (unpaired) electrons. The van der Waals surface area contributed by atoms with E-state index in [1.54, 1.807) is 25.1 Å². The van der Waals surface area contributed by atoms with E-state index < -0.39 is 18.0 Å². The van der Waals surface area contributed by atoms with Gasteiger partial charge in [-0.25, -0.2) is 9.79 Å². The summed E-state index contributed by atoms with van der Waals surface area (Å²) in [6, 6.07) is 12.2. The number of rotatable bonds is 5. The highest BCUT2D eigenvalue weighted by Crippen LogP contribution is 2.36. The summed E-state index contributed by atoms with van der Waals surface area (Å²) in [6.45, 7) is 9.45. The van der Waals surface area contributed by atoms with Gasteiger partial charge in [0.05, 0.1) is 36.1 Å². The molecule has 1 aliphatic heterocycles. The van der Waals surface area contributed by atoms with Gasteiger partial charge in [-0.1, -0.05) is 62.4 Å². The number of fused-ring (bicyclic) bond motifs is 1. The number of thiazole rings is 1. The number of methoxy groups -OCH3 is 2. The summed E-state index contributed by atoms with van der Waals surface area (Å²) in [7, 11) is 2.74. The molecule has 1 unspecified atom stereocenters. The lowest BCUT2D eigenvalue weighted by molar-refractivity contribution is -0.136. The van der Waals surface area contributed by atoms with E-state index in [0.717, 1.165) is 5.56 Å². The molecule has 1 aliphatic rings. The third-order valence-electron chi connectivity index (χ3n) is 6.26. The second kappa shape index (κ2) is 10.4. The minimum atomic E-state index is -0.815. The van der Waals surface area contributed by atoms with Gasteiger partial charge in [0.25, 0.3) is 5.56 Å². The molecule has 198 valence electrons. The maximum atomic E-state index is 13.8. The molecule has 4 rings (SSSR count). The van der Waals surface area contributed by atoms with Crippen LogP contribution in [0.4, 0.5) is 0 Å². The van der Waals surface area contributed by atoms with Gasteiger partial charge in [-0.15, -0.1) is 0 Å². The largest absolute Gasteiger partial charge is 0.493 e. The van der Waals surface area contributed by atoms with Crippen molar-refractivity contribution in [3.63, 3.8) is 0 Å². The summed E-state index contributed by atoms with van der Waals surface area (Å²) in [5.74, 6) is -0.565. The molecular formula is C29H30N2O6S. The number of carbonyl (C=O) groups is 2. The molecule has 0 spiro atoms. The monoisotopic (exact) mass is 534 g/mol. The third-order valence-corrected chi connectivity index (χ3v) is 7.24. The van der Waals surface area contributed by atoms with E-state index in [1.807, 2.05) is 18.2 Å². The van der Waals surface area contributed by atoms with E-state index in [-0.39, 0.29) is 28.0 Å². The van der Waals surface area contributed by atoms with Crippen molar-refractivity contribution in [2.24, 2.45) is 4.99 Å². The molecule has 8 nitrogen and oxygen atoms in total. The van der Waals surface area contributed by atoms with Crippen molar-refractivity contribution in [3.8, 4) is 11.5 Å². The van der Waals surface area contributed by atoms with Crippen LogP contribution in [0.3, 0.4) is 0 Å². The lowest BCUT2D eigenvalue weighted by atomic mass is 9.87. The normalized spacial score (nSPS) is 15.6. The van der Waals surface area contributed by atoms with E-state index >= 15 is 0 Å². The molecule has 9 heteroatoms. The first-order valence-electron chi connectivity index (χ1n) is 12.0. The Kier molecular flexibility index (Phi) is 7.42. The Morgan fingerprint density at radius 1 is 1.05 bits per heavy atom. The number of hydrogen-bond donors (Lipinski definition) is 0. The number of aromatic nitrogens is 1. The summed E-state index contributed by atoms with van der Waals surface area (Å²) in [5.41, 5.74) is 3.09. The van der Waals surface area contributed by atoms with Gasteiger partial charge < -0.3 is 14.2 Å². The van der Waals surface area contributed by atoms with Gasteiger partial charge in [-0.05, 0) is 47.2 Å². The first-order valence-corrected chi connectivity index (χ1v) is 12.8. The number of esters is 2. The zero-order valence-corrected chi connectivity index (χ0v) is 23.3. The Labute approximate surface area is 224 Å². The van der Waals surface area contributed by atoms with Crippen molar-refractivity contribution in [2.75, 3.05) is 14.2 Å². The van der Waals surface area contributed by atoms with Gasteiger partial charge in [0, 0.05) is 6.92 Å². The number of benzene rings is 2. The SMILES string of the molecule is COC(=O)C1=C(C)N=c2s/c(=C/c3ccc(C(C)(C)C)cc3)c(=O)n2C1c1ccc(OC(C)=O)c(OC)c1. The first kappa shape index (κ1) is 27.1. The van der Waals surface area contributed by atoms with Crippen molar-refractivity contribution >= 4 is 29.4 Å². The second-order valence-electron chi connectivity index (χ2n) is 9.95. The van der Waals surface area contributed by atoms with Crippen LogP contribution in [0.1, 0.15) is 57.4 Å². The molecule has 0 aliphatic carbocycles. The summed E-state index contributed by atoms with van der Waals surface area (Å²) in [6.07, 6.45) is 1.83. The van der Waals surface area contributed by atoms with E-state index in [2.05, 4.69) is 37.9 Å². The first-order chi connectivity index (χ1) is 17.9. The maximum Gasteiger partial charge on any atom is 0.338 e. The number of hydrogen-bond acceptors (Lipinski definition) is 8. The molecule has 0 saturated carbocycles. The van der Waals surface area contributed by atoms with Crippen LogP contribution in [-0.4, -0.2) is 30.7 Å². The quantitative estimate of drug-likeness (QED) is 0.366. The van der Waals surface area contributed by atoms with E-state index in [4.69, 9.17) is 14.2 Å². The lowest BCUT2D eigenvalue weighted by Gasteiger charge is -2.25. The molecule has 0 saturated heterocycles. The van der Waals surface area contributed by atoms with Gasteiger partial charge in [0.15, 0.2) is 16.3 Å². The average molecular weight is 535 g/mol. The second-order valence-corrected chi connectivity index (χ2v) is 11.0. The number of carbonyl (C=O) groups excluding carboxylic acids is 2. The molecule has 1 aromatic heterocycles. The predicted molar refractivity (Wildman–Crippen MR) is 145 cm³/mol. The molecule has 3 aromatic rings. The Balaban J connectivity index is 1.90. The Hall–Kier alpha value is -3.98. The summed E-state index contributed by atoms with van der Waals surface area (Å²) >= 11 is 1.25. The Bertz CT molecular complexity index is 1620. The van der Waals surface area contributed by atoms with Gasteiger partial charge in [0.2, 0.25) is 0 Å². The van der Waals surface area contributed by atoms with E-state index in [0.29, 0.717) is 20.6 Å². The van der Waals surface area contributed by atoms with Crippen LogP contribution in [0.5, 0.6) is 11.5 Å². The van der Waals surface area contributed by atoms with Gasteiger partial charge in [-0.3, -0.25) is 14.2 Å².